The summed E-state index contributed by atoms with van der Waals surface area (Å²) in [5.74, 6) is -0.138. The van der Waals surface area contributed by atoms with Crippen LogP contribution in [0.2, 0.25) is 0 Å². The summed E-state index contributed by atoms with van der Waals surface area (Å²) in [5.41, 5.74) is 1.73. The third-order valence-corrected chi connectivity index (χ3v) is 3.05. The number of ether oxygens (including phenoxy) is 1. The Morgan fingerprint density at radius 1 is 1.15 bits per heavy atom. The van der Waals surface area contributed by atoms with Crippen molar-refractivity contribution in [1.29, 1.82) is 0 Å². The number of carbonyl (C=O) groups is 1. The second kappa shape index (κ2) is 4.69. The van der Waals surface area contributed by atoms with Crippen molar-refractivity contribution in [2.45, 2.75) is 0 Å². The van der Waals surface area contributed by atoms with Crippen LogP contribution in [0, 0.1) is 0 Å². The van der Waals surface area contributed by atoms with Crippen LogP contribution in [-0.2, 0) is 0 Å². The van der Waals surface area contributed by atoms with E-state index in [0.29, 0.717) is 28.0 Å². The van der Waals surface area contributed by atoms with Crippen molar-refractivity contribution in [2.75, 3.05) is 6.86 Å². The molecule has 0 saturated carbocycles. The average molecular weight is 273 g/mol. The van der Waals surface area contributed by atoms with Gasteiger partial charge >= 0.3 is 0 Å². The number of ketones is 1. The molecule has 3 rings (SSSR count). The number of hydrogen-bond donors (Lipinski definition) is 1. The van der Waals surface area contributed by atoms with Gasteiger partial charge in [0.1, 0.15) is 5.75 Å². The number of halogens is 1. The van der Waals surface area contributed by atoms with Crippen LogP contribution in [-0.4, -0.2) is 33.8 Å². The number of nitrogens with zero attached hydrogens (tertiary/aromatic N) is 3. The smallest absolute Gasteiger partial charge is 0.228 e. The molecule has 0 radical (unpaired) electrons. The predicted octanol–water partition coefficient (Wildman–Crippen LogP) is 1.82. The maximum Gasteiger partial charge on any atom is 0.228 e. The fraction of sp³-hybridized carbons (Fsp3) is 0.0769. The van der Waals surface area contributed by atoms with Crippen LogP contribution < -0.4 is 4.74 Å². The molecule has 0 aliphatic heterocycles. The lowest BCUT2D eigenvalue weighted by Crippen LogP contribution is -2.22. The Labute approximate surface area is 112 Å². The average Bonchev–Trinajstić information content (AvgIpc) is 2.48. The van der Waals surface area contributed by atoms with E-state index < -0.39 is 12.6 Å². The lowest BCUT2D eigenvalue weighted by atomic mass is 9.85. The molecule has 0 atom stereocenters. The summed E-state index contributed by atoms with van der Waals surface area (Å²) in [6.45, 7) is -0.961. The first-order valence-electron chi connectivity index (χ1n) is 5.67. The monoisotopic (exact) mass is 273 g/mol. The first kappa shape index (κ1) is 12.2. The number of oxime groups is 1. The minimum absolute atomic E-state index is 0.0958. The van der Waals surface area contributed by atoms with Crippen molar-refractivity contribution in [2.24, 2.45) is 5.16 Å². The molecule has 6 nitrogen and oxygen atoms in total. The molecular formula is C13H8FN3O3. The molecule has 0 saturated heterocycles. The van der Waals surface area contributed by atoms with Crippen LogP contribution in [0.3, 0.4) is 0 Å². The molecule has 20 heavy (non-hydrogen) atoms. The summed E-state index contributed by atoms with van der Waals surface area (Å²) in [4.78, 5) is 12.2. The number of hydrogen-bond acceptors (Lipinski definition) is 6. The first-order chi connectivity index (χ1) is 9.76. The van der Waals surface area contributed by atoms with Gasteiger partial charge in [-0.15, -0.1) is 0 Å². The molecule has 1 aliphatic carbocycles. The number of benzene rings is 1. The zero-order valence-corrected chi connectivity index (χ0v) is 10.1. The van der Waals surface area contributed by atoms with Crippen LogP contribution in [0.5, 0.6) is 5.75 Å². The molecule has 2 aromatic rings. The molecule has 1 heterocycles. The van der Waals surface area contributed by atoms with Gasteiger partial charge in [-0.3, -0.25) is 4.79 Å². The van der Waals surface area contributed by atoms with Gasteiger partial charge < -0.3 is 9.94 Å². The maximum absolute atomic E-state index is 12.2. The highest BCUT2D eigenvalue weighted by molar-refractivity contribution is 6.54. The normalized spacial score (nSPS) is 14.8. The van der Waals surface area contributed by atoms with Crippen molar-refractivity contribution in [3.63, 3.8) is 0 Å². The number of alkyl halides is 1. The Morgan fingerprint density at radius 3 is 2.60 bits per heavy atom. The van der Waals surface area contributed by atoms with Crippen molar-refractivity contribution in [3.8, 4) is 16.9 Å². The first-order valence-corrected chi connectivity index (χ1v) is 5.67. The van der Waals surface area contributed by atoms with Crippen LogP contribution >= 0.6 is 0 Å². The molecule has 0 amide bonds. The van der Waals surface area contributed by atoms with Crippen LogP contribution in [0.15, 0.2) is 35.7 Å². The lowest BCUT2D eigenvalue weighted by molar-refractivity contribution is 0.106. The summed E-state index contributed by atoms with van der Waals surface area (Å²) < 4.78 is 17.0. The van der Waals surface area contributed by atoms with E-state index in [1.165, 1.54) is 24.5 Å². The van der Waals surface area contributed by atoms with Crippen LogP contribution in [0.25, 0.3) is 11.1 Å². The number of aromatic nitrogens is 2. The van der Waals surface area contributed by atoms with E-state index in [4.69, 9.17) is 9.94 Å². The highest BCUT2D eigenvalue weighted by atomic mass is 19.1. The Kier molecular flexibility index (Phi) is 2.86. The molecule has 7 heteroatoms. The Balaban J connectivity index is 2.27. The minimum atomic E-state index is -0.961. The van der Waals surface area contributed by atoms with Crippen LogP contribution in [0.4, 0.5) is 4.39 Å². The molecule has 1 aromatic carbocycles. The summed E-state index contributed by atoms with van der Waals surface area (Å²) >= 11 is 0. The fourth-order valence-corrected chi connectivity index (χ4v) is 2.17. The second-order valence-corrected chi connectivity index (χ2v) is 4.06. The van der Waals surface area contributed by atoms with Gasteiger partial charge in [-0.25, -0.2) is 4.39 Å². The standard InChI is InChI=1S/C13H8FN3O3/c14-6-20-7-1-2-8-9(3-7)10-4-15-16-5-11(10)12(17-19)13(8)18/h1-5,19H,6H2/b17-12-. The number of Topliss-reactive ketones (excluding diaryl/α,β-unsaturated/α-hetero) is 1. The Morgan fingerprint density at radius 2 is 1.90 bits per heavy atom. The molecule has 0 bridgehead atoms. The van der Waals surface area contributed by atoms with Crippen molar-refractivity contribution in [1.82, 2.24) is 10.2 Å². The summed E-state index contributed by atoms with van der Waals surface area (Å²) in [7, 11) is 0. The predicted molar refractivity (Wildman–Crippen MR) is 66.7 cm³/mol. The van der Waals surface area contributed by atoms with E-state index in [2.05, 4.69) is 15.4 Å². The lowest BCUT2D eigenvalue weighted by Gasteiger charge is -2.19. The van der Waals surface area contributed by atoms with E-state index in [1.807, 2.05) is 0 Å². The SMILES string of the molecule is O=C1/C(=N\O)c2cnncc2-c2cc(OCF)ccc21. The third-order valence-electron chi connectivity index (χ3n) is 3.05. The Hall–Kier alpha value is -2.83. The van der Waals surface area contributed by atoms with Gasteiger partial charge in [0, 0.05) is 16.7 Å². The highest BCUT2D eigenvalue weighted by Crippen LogP contribution is 2.35. The topological polar surface area (TPSA) is 84.7 Å². The van der Waals surface area contributed by atoms with Gasteiger partial charge in [0.05, 0.1) is 12.4 Å². The highest BCUT2D eigenvalue weighted by Gasteiger charge is 2.30. The molecule has 1 aromatic heterocycles. The molecule has 0 spiro atoms. The fourth-order valence-electron chi connectivity index (χ4n) is 2.17. The molecule has 1 N–H and O–H groups in total. The second-order valence-electron chi connectivity index (χ2n) is 4.06. The molecular weight excluding hydrogens is 265 g/mol. The summed E-state index contributed by atoms with van der Waals surface area (Å²) in [6.07, 6.45) is 2.79. The quantitative estimate of drug-likeness (QED) is 0.666. The minimum Gasteiger partial charge on any atom is -0.463 e. The van der Waals surface area contributed by atoms with Gasteiger partial charge in [0.15, 0.2) is 5.71 Å². The van der Waals surface area contributed by atoms with E-state index in [1.54, 1.807) is 6.07 Å². The summed E-state index contributed by atoms with van der Waals surface area (Å²) in [5, 5.41) is 19.5. The van der Waals surface area contributed by atoms with Gasteiger partial charge in [-0.05, 0) is 23.8 Å². The molecule has 1 aliphatic rings. The number of fused-ring (bicyclic) bond motifs is 3. The van der Waals surface area contributed by atoms with E-state index in [0.717, 1.165) is 0 Å². The zero-order chi connectivity index (χ0) is 14.1. The van der Waals surface area contributed by atoms with Crippen molar-refractivity contribution < 1.29 is 19.1 Å². The number of carbonyl (C=O) groups excluding carboxylic acids is 1. The van der Waals surface area contributed by atoms with Gasteiger partial charge in [0.25, 0.3) is 0 Å². The summed E-state index contributed by atoms with van der Waals surface area (Å²) in [6, 6.07) is 4.52. The zero-order valence-electron chi connectivity index (χ0n) is 10.1. The van der Waals surface area contributed by atoms with E-state index in [-0.39, 0.29) is 5.71 Å². The van der Waals surface area contributed by atoms with Crippen molar-refractivity contribution in [3.05, 3.63) is 41.7 Å². The number of rotatable bonds is 2. The Bertz CT molecular complexity index is 731. The molecule has 100 valence electrons. The molecule has 0 fully saturated rings. The van der Waals surface area contributed by atoms with Gasteiger partial charge in [0.2, 0.25) is 12.6 Å². The van der Waals surface area contributed by atoms with Crippen LogP contribution in [0.1, 0.15) is 15.9 Å². The van der Waals surface area contributed by atoms with Crippen molar-refractivity contribution >= 4 is 11.5 Å². The van der Waals surface area contributed by atoms with E-state index in [9.17, 15) is 9.18 Å². The van der Waals surface area contributed by atoms with Gasteiger partial charge in [-0.1, -0.05) is 5.16 Å². The maximum atomic E-state index is 12.2. The third kappa shape index (κ3) is 1.71. The van der Waals surface area contributed by atoms with E-state index >= 15 is 0 Å². The largest absolute Gasteiger partial charge is 0.463 e. The molecule has 0 unspecified atom stereocenters. The van der Waals surface area contributed by atoms with Gasteiger partial charge in [-0.2, -0.15) is 10.2 Å².